The summed E-state index contributed by atoms with van der Waals surface area (Å²) < 4.78 is 37.7. The van der Waals surface area contributed by atoms with Crippen LogP contribution in [0.1, 0.15) is 25.7 Å². The lowest BCUT2D eigenvalue weighted by atomic mass is 10.3. The molecule has 0 saturated heterocycles. The lowest BCUT2D eigenvalue weighted by Crippen LogP contribution is -2.32. The SMILES string of the molecule is COc1ccc(OC)c(S(=O)(=O)NC2CCCC2)c1. The standard InChI is InChI=1S/C13H19NO4S/c1-17-11-7-8-12(18-2)13(9-11)19(15,16)14-10-5-3-4-6-10/h7-10,14H,3-6H2,1-2H3. The van der Waals surface area contributed by atoms with Crippen LogP contribution in [0, 0.1) is 0 Å². The number of hydrogen-bond acceptors (Lipinski definition) is 4. The van der Waals surface area contributed by atoms with Gasteiger partial charge >= 0.3 is 0 Å². The maximum atomic E-state index is 12.4. The summed E-state index contributed by atoms with van der Waals surface area (Å²) in [6.07, 6.45) is 3.93. The van der Waals surface area contributed by atoms with E-state index in [0.29, 0.717) is 11.5 Å². The number of benzene rings is 1. The molecule has 106 valence electrons. The van der Waals surface area contributed by atoms with E-state index in [2.05, 4.69) is 4.72 Å². The van der Waals surface area contributed by atoms with Gasteiger partial charge in [-0.3, -0.25) is 0 Å². The number of ether oxygens (including phenoxy) is 2. The summed E-state index contributed by atoms with van der Waals surface area (Å²) >= 11 is 0. The summed E-state index contributed by atoms with van der Waals surface area (Å²) in [7, 11) is -0.617. The Balaban J connectivity index is 2.32. The van der Waals surface area contributed by atoms with Crippen LogP contribution in [0.2, 0.25) is 0 Å². The van der Waals surface area contributed by atoms with Crippen LogP contribution < -0.4 is 14.2 Å². The molecule has 0 bridgehead atoms. The van der Waals surface area contributed by atoms with E-state index in [4.69, 9.17) is 9.47 Å². The first kappa shape index (κ1) is 14.1. The van der Waals surface area contributed by atoms with E-state index < -0.39 is 10.0 Å². The normalized spacial score (nSPS) is 16.5. The summed E-state index contributed by atoms with van der Waals surface area (Å²) in [5.74, 6) is 0.818. The van der Waals surface area contributed by atoms with Crippen molar-refractivity contribution in [2.75, 3.05) is 14.2 Å². The Morgan fingerprint density at radius 3 is 2.42 bits per heavy atom. The van der Waals surface area contributed by atoms with Gasteiger partial charge in [0.05, 0.1) is 14.2 Å². The second-order valence-corrected chi connectivity index (χ2v) is 6.30. The highest BCUT2D eigenvalue weighted by Gasteiger charge is 2.26. The molecule has 0 amide bonds. The molecule has 1 aliphatic carbocycles. The smallest absolute Gasteiger partial charge is 0.244 e. The van der Waals surface area contributed by atoms with E-state index in [1.165, 1.54) is 20.3 Å². The third-order valence-electron chi connectivity index (χ3n) is 3.34. The fourth-order valence-corrected chi connectivity index (χ4v) is 3.81. The van der Waals surface area contributed by atoms with E-state index in [9.17, 15) is 8.42 Å². The number of sulfonamides is 1. The monoisotopic (exact) mass is 285 g/mol. The molecule has 0 heterocycles. The topological polar surface area (TPSA) is 64.6 Å². The quantitative estimate of drug-likeness (QED) is 0.897. The van der Waals surface area contributed by atoms with Gasteiger partial charge in [0.2, 0.25) is 10.0 Å². The molecule has 0 radical (unpaired) electrons. The van der Waals surface area contributed by atoms with Gasteiger partial charge in [-0.1, -0.05) is 12.8 Å². The predicted octanol–water partition coefficient (Wildman–Crippen LogP) is 1.92. The molecule has 6 heteroatoms. The summed E-state index contributed by atoms with van der Waals surface area (Å²) in [6.45, 7) is 0. The summed E-state index contributed by atoms with van der Waals surface area (Å²) in [6, 6.07) is 4.78. The molecule has 0 unspecified atom stereocenters. The van der Waals surface area contributed by atoms with Crippen LogP contribution in [0.4, 0.5) is 0 Å². The molecule has 0 aliphatic heterocycles. The first-order chi connectivity index (χ1) is 9.06. The maximum Gasteiger partial charge on any atom is 0.244 e. The van der Waals surface area contributed by atoms with Gasteiger partial charge in [-0.25, -0.2) is 13.1 Å². The number of nitrogens with one attached hydrogen (secondary N) is 1. The molecule has 0 aromatic heterocycles. The molecule has 2 rings (SSSR count). The van der Waals surface area contributed by atoms with Crippen LogP contribution in [-0.4, -0.2) is 28.7 Å². The highest BCUT2D eigenvalue weighted by molar-refractivity contribution is 7.89. The van der Waals surface area contributed by atoms with Crippen molar-refractivity contribution < 1.29 is 17.9 Å². The third kappa shape index (κ3) is 3.19. The average molecular weight is 285 g/mol. The first-order valence-electron chi connectivity index (χ1n) is 6.31. The van der Waals surface area contributed by atoms with Crippen LogP contribution in [-0.2, 0) is 10.0 Å². The van der Waals surface area contributed by atoms with Gasteiger partial charge in [0.15, 0.2) is 0 Å². The zero-order chi connectivity index (χ0) is 13.9. The number of methoxy groups -OCH3 is 2. The molecule has 5 nitrogen and oxygen atoms in total. The molecule has 0 atom stereocenters. The molecule has 1 aromatic rings. The highest BCUT2D eigenvalue weighted by atomic mass is 32.2. The zero-order valence-electron chi connectivity index (χ0n) is 11.2. The summed E-state index contributed by atoms with van der Waals surface area (Å²) in [5.41, 5.74) is 0. The van der Waals surface area contributed by atoms with Gasteiger partial charge in [0.1, 0.15) is 16.4 Å². The minimum atomic E-state index is -3.57. The van der Waals surface area contributed by atoms with Crippen molar-refractivity contribution in [3.05, 3.63) is 18.2 Å². The molecule has 19 heavy (non-hydrogen) atoms. The molecular formula is C13H19NO4S. The minimum absolute atomic E-state index is 0.0286. The van der Waals surface area contributed by atoms with Crippen molar-refractivity contribution in [1.29, 1.82) is 0 Å². The minimum Gasteiger partial charge on any atom is -0.497 e. The van der Waals surface area contributed by atoms with E-state index >= 15 is 0 Å². The van der Waals surface area contributed by atoms with Gasteiger partial charge in [-0.15, -0.1) is 0 Å². The molecule has 0 spiro atoms. The van der Waals surface area contributed by atoms with E-state index in [1.54, 1.807) is 12.1 Å². The number of hydrogen-bond donors (Lipinski definition) is 1. The van der Waals surface area contributed by atoms with Gasteiger partial charge in [0, 0.05) is 12.1 Å². The van der Waals surface area contributed by atoms with E-state index in [-0.39, 0.29) is 10.9 Å². The molecule has 1 N–H and O–H groups in total. The second kappa shape index (κ2) is 5.79. The molecule has 1 aliphatic rings. The molecule has 1 fully saturated rings. The van der Waals surface area contributed by atoms with Crippen molar-refractivity contribution in [3.63, 3.8) is 0 Å². The Bertz CT molecular complexity index is 536. The third-order valence-corrected chi connectivity index (χ3v) is 4.88. The predicted molar refractivity (Wildman–Crippen MR) is 72.1 cm³/mol. The Hall–Kier alpha value is -1.27. The van der Waals surface area contributed by atoms with Crippen molar-refractivity contribution in [2.45, 2.75) is 36.6 Å². The Morgan fingerprint density at radius 2 is 1.84 bits per heavy atom. The average Bonchev–Trinajstić information content (AvgIpc) is 2.90. The molecule has 1 saturated carbocycles. The zero-order valence-corrected chi connectivity index (χ0v) is 12.0. The van der Waals surface area contributed by atoms with Gasteiger partial charge in [-0.05, 0) is 25.0 Å². The fraction of sp³-hybridized carbons (Fsp3) is 0.538. The summed E-state index contributed by atoms with van der Waals surface area (Å²) in [5, 5.41) is 0. The highest BCUT2D eigenvalue weighted by Crippen LogP contribution is 2.29. The van der Waals surface area contributed by atoms with Crippen molar-refractivity contribution in [2.24, 2.45) is 0 Å². The maximum absolute atomic E-state index is 12.4. The first-order valence-corrected chi connectivity index (χ1v) is 7.79. The van der Waals surface area contributed by atoms with Crippen molar-refractivity contribution in [3.8, 4) is 11.5 Å². The van der Waals surface area contributed by atoms with Crippen molar-refractivity contribution >= 4 is 10.0 Å². The molecule has 1 aromatic carbocycles. The number of rotatable bonds is 5. The van der Waals surface area contributed by atoms with Crippen LogP contribution in [0.25, 0.3) is 0 Å². The van der Waals surface area contributed by atoms with Gasteiger partial charge in [-0.2, -0.15) is 0 Å². The lowest BCUT2D eigenvalue weighted by molar-refractivity contribution is 0.391. The van der Waals surface area contributed by atoms with E-state index in [1.807, 2.05) is 0 Å². The summed E-state index contributed by atoms with van der Waals surface area (Å²) in [4.78, 5) is 0.126. The Morgan fingerprint density at radius 1 is 1.16 bits per heavy atom. The van der Waals surface area contributed by atoms with Gasteiger partial charge in [0.25, 0.3) is 0 Å². The Kier molecular flexibility index (Phi) is 4.31. The van der Waals surface area contributed by atoms with Crippen LogP contribution in [0.15, 0.2) is 23.1 Å². The molecular weight excluding hydrogens is 266 g/mol. The fourth-order valence-electron chi connectivity index (χ4n) is 2.32. The van der Waals surface area contributed by atoms with Crippen molar-refractivity contribution in [1.82, 2.24) is 4.72 Å². The van der Waals surface area contributed by atoms with Crippen LogP contribution in [0.5, 0.6) is 11.5 Å². The lowest BCUT2D eigenvalue weighted by Gasteiger charge is -2.15. The van der Waals surface area contributed by atoms with Crippen LogP contribution in [0.3, 0.4) is 0 Å². The van der Waals surface area contributed by atoms with Crippen LogP contribution >= 0.6 is 0 Å². The van der Waals surface area contributed by atoms with E-state index in [0.717, 1.165) is 25.7 Å². The Labute approximate surface area is 114 Å². The second-order valence-electron chi connectivity index (χ2n) is 4.62. The van der Waals surface area contributed by atoms with Gasteiger partial charge < -0.3 is 9.47 Å². The largest absolute Gasteiger partial charge is 0.497 e.